The lowest BCUT2D eigenvalue weighted by Crippen LogP contribution is -2.08. The SMILES string of the molecule is Cc1cnc(NCCc2ncc[nH]2)nc1. The maximum atomic E-state index is 4.14. The highest BCUT2D eigenvalue weighted by atomic mass is 15.1. The number of nitrogens with one attached hydrogen (secondary N) is 2. The van der Waals surface area contributed by atoms with Gasteiger partial charge in [0.2, 0.25) is 5.95 Å². The molecule has 0 aliphatic heterocycles. The highest BCUT2D eigenvalue weighted by molar-refractivity contribution is 5.24. The van der Waals surface area contributed by atoms with E-state index in [2.05, 4.69) is 25.3 Å². The molecule has 0 saturated carbocycles. The minimum Gasteiger partial charge on any atom is -0.354 e. The second-order valence-electron chi connectivity index (χ2n) is 3.30. The van der Waals surface area contributed by atoms with Crippen molar-refractivity contribution in [2.75, 3.05) is 11.9 Å². The van der Waals surface area contributed by atoms with Gasteiger partial charge in [0.15, 0.2) is 0 Å². The standard InChI is InChI=1S/C10H13N5/c1-8-6-14-10(15-7-8)13-3-2-9-11-4-5-12-9/h4-7H,2-3H2,1H3,(H,11,12)(H,13,14,15). The average Bonchev–Trinajstić information content (AvgIpc) is 2.74. The molecule has 0 unspecified atom stereocenters. The minimum atomic E-state index is 0.659. The third-order valence-corrected chi connectivity index (χ3v) is 1.98. The number of hydrogen-bond donors (Lipinski definition) is 2. The molecule has 0 saturated heterocycles. The number of nitrogens with zero attached hydrogens (tertiary/aromatic N) is 3. The van der Waals surface area contributed by atoms with Crippen LogP contribution in [0.25, 0.3) is 0 Å². The van der Waals surface area contributed by atoms with Gasteiger partial charge in [-0.05, 0) is 12.5 Å². The predicted molar refractivity (Wildman–Crippen MR) is 57.6 cm³/mol. The molecule has 0 spiro atoms. The second kappa shape index (κ2) is 4.54. The average molecular weight is 203 g/mol. The van der Waals surface area contributed by atoms with Crippen molar-refractivity contribution < 1.29 is 0 Å². The summed E-state index contributed by atoms with van der Waals surface area (Å²) in [5.74, 6) is 1.63. The van der Waals surface area contributed by atoms with Gasteiger partial charge in [0.05, 0.1) is 0 Å². The lowest BCUT2D eigenvalue weighted by molar-refractivity contribution is 0.911. The molecular formula is C10H13N5. The van der Waals surface area contributed by atoms with Crippen molar-refractivity contribution in [1.82, 2.24) is 19.9 Å². The van der Waals surface area contributed by atoms with Crippen LogP contribution in [0.15, 0.2) is 24.8 Å². The van der Waals surface area contributed by atoms with E-state index in [-0.39, 0.29) is 0 Å². The van der Waals surface area contributed by atoms with Crippen LogP contribution in [0.2, 0.25) is 0 Å². The number of aryl methyl sites for hydroxylation is 1. The predicted octanol–water partition coefficient (Wildman–Crippen LogP) is 1.16. The third kappa shape index (κ3) is 2.77. The second-order valence-corrected chi connectivity index (χ2v) is 3.30. The number of aromatic nitrogens is 4. The molecule has 5 heteroatoms. The summed E-state index contributed by atoms with van der Waals surface area (Å²) in [7, 11) is 0. The van der Waals surface area contributed by atoms with Crippen LogP contribution in [0, 0.1) is 6.92 Å². The molecule has 0 aliphatic carbocycles. The van der Waals surface area contributed by atoms with Crippen molar-refractivity contribution in [3.8, 4) is 0 Å². The van der Waals surface area contributed by atoms with Gasteiger partial charge in [-0.1, -0.05) is 0 Å². The van der Waals surface area contributed by atoms with Crippen molar-refractivity contribution >= 4 is 5.95 Å². The fourth-order valence-corrected chi connectivity index (χ4v) is 1.21. The zero-order valence-electron chi connectivity index (χ0n) is 8.57. The molecule has 0 fully saturated rings. The Kier molecular flexibility index (Phi) is 2.92. The Labute approximate surface area is 88.0 Å². The van der Waals surface area contributed by atoms with Gasteiger partial charge in [-0.15, -0.1) is 0 Å². The maximum Gasteiger partial charge on any atom is 0.222 e. The monoisotopic (exact) mass is 203 g/mol. The Balaban J connectivity index is 1.81. The van der Waals surface area contributed by atoms with Crippen LogP contribution < -0.4 is 5.32 Å². The number of H-pyrrole nitrogens is 1. The number of hydrogen-bond acceptors (Lipinski definition) is 4. The van der Waals surface area contributed by atoms with Gasteiger partial charge in [-0.25, -0.2) is 15.0 Å². The molecule has 2 heterocycles. The summed E-state index contributed by atoms with van der Waals surface area (Å²) < 4.78 is 0. The number of imidazole rings is 1. The molecule has 2 aromatic rings. The van der Waals surface area contributed by atoms with Crippen molar-refractivity contribution in [1.29, 1.82) is 0 Å². The molecule has 2 rings (SSSR count). The van der Waals surface area contributed by atoms with E-state index in [1.54, 1.807) is 18.6 Å². The van der Waals surface area contributed by atoms with Gasteiger partial charge in [-0.2, -0.15) is 0 Å². The normalized spacial score (nSPS) is 10.2. The quantitative estimate of drug-likeness (QED) is 0.782. The van der Waals surface area contributed by atoms with Gasteiger partial charge in [-0.3, -0.25) is 0 Å². The molecule has 2 N–H and O–H groups in total. The smallest absolute Gasteiger partial charge is 0.222 e. The van der Waals surface area contributed by atoms with Crippen LogP contribution in [-0.2, 0) is 6.42 Å². The molecule has 0 aliphatic rings. The van der Waals surface area contributed by atoms with Gasteiger partial charge < -0.3 is 10.3 Å². The van der Waals surface area contributed by atoms with Crippen LogP contribution in [0.4, 0.5) is 5.95 Å². The van der Waals surface area contributed by atoms with E-state index >= 15 is 0 Å². The van der Waals surface area contributed by atoms with E-state index in [4.69, 9.17) is 0 Å². The number of rotatable bonds is 4. The fourth-order valence-electron chi connectivity index (χ4n) is 1.21. The summed E-state index contributed by atoms with van der Waals surface area (Å²) in [6.07, 6.45) is 7.99. The van der Waals surface area contributed by atoms with Crippen molar-refractivity contribution in [3.63, 3.8) is 0 Å². The zero-order chi connectivity index (χ0) is 10.5. The summed E-state index contributed by atoms with van der Waals surface area (Å²) in [6, 6.07) is 0. The first-order chi connectivity index (χ1) is 7.34. The largest absolute Gasteiger partial charge is 0.354 e. The molecule has 15 heavy (non-hydrogen) atoms. The first kappa shape index (κ1) is 9.64. The van der Waals surface area contributed by atoms with E-state index < -0.39 is 0 Å². The molecule has 0 bridgehead atoms. The molecule has 5 nitrogen and oxygen atoms in total. The van der Waals surface area contributed by atoms with E-state index in [9.17, 15) is 0 Å². The zero-order valence-corrected chi connectivity index (χ0v) is 8.57. The summed E-state index contributed by atoms with van der Waals surface area (Å²) in [5.41, 5.74) is 1.06. The molecular weight excluding hydrogens is 190 g/mol. The lowest BCUT2D eigenvalue weighted by Gasteiger charge is -2.02. The van der Waals surface area contributed by atoms with E-state index in [1.807, 2.05) is 13.1 Å². The molecule has 0 radical (unpaired) electrons. The van der Waals surface area contributed by atoms with Crippen LogP contribution in [0.1, 0.15) is 11.4 Å². The molecule has 0 aromatic carbocycles. The van der Waals surface area contributed by atoms with Gasteiger partial charge >= 0.3 is 0 Å². The number of anilines is 1. The lowest BCUT2D eigenvalue weighted by atomic mass is 10.4. The molecule has 78 valence electrons. The third-order valence-electron chi connectivity index (χ3n) is 1.98. The topological polar surface area (TPSA) is 66.5 Å². The highest BCUT2D eigenvalue weighted by Crippen LogP contribution is 1.98. The fraction of sp³-hybridized carbons (Fsp3) is 0.300. The summed E-state index contributed by atoms with van der Waals surface area (Å²) in [6.45, 7) is 2.74. The summed E-state index contributed by atoms with van der Waals surface area (Å²) in [4.78, 5) is 15.5. The number of aromatic amines is 1. The Bertz CT molecular complexity index is 392. The Morgan fingerprint density at radius 2 is 2.07 bits per heavy atom. The first-order valence-corrected chi connectivity index (χ1v) is 4.85. The molecule has 0 atom stereocenters. The Morgan fingerprint density at radius 3 is 2.73 bits per heavy atom. The van der Waals surface area contributed by atoms with Crippen molar-refractivity contribution in [2.45, 2.75) is 13.3 Å². The van der Waals surface area contributed by atoms with Crippen LogP contribution >= 0.6 is 0 Å². The van der Waals surface area contributed by atoms with Crippen LogP contribution in [0.3, 0.4) is 0 Å². The van der Waals surface area contributed by atoms with E-state index in [1.165, 1.54) is 0 Å². The highest BCUT2D eigenvalue weighted by Gasteiger charge is 1.96. The van der Waals surface area contributed by atoms with E-state index in [0.29, 0.717) is 5.95 Å². The van der Waals surface area contributed by atoms with Crippen molar-refractivity contribution in [2.24, 2.45) is 0 Å². The van der Waals surface area contributed by atoms with Gasteiger partial charge in [0.25, 0.3) is 0 Å². The maximum absolute atomic E-state index is 4.14. The Morgan fingerprint density at radius 1 is 1.27 bits per heavy atom. The Hall–Kier alpha value is -1.91. The molecule has 2 aromatic heterocycles. The van der Waals surface area contributed by atoms with Gasteiger partial charge in [0.1, 0.15) is 5.82 Å². The van der Waals surface area contributed by atoms with Crippen LogP contribution in [0.5, 0.6) is 0 Å². The molecule has 0 amide bonds. The summed E-state index contributed by atoms with van der Waals surface area (Å²) >= 11 is 0. The van der Waals surface area contributed by atoms with Crippen molar-refractivity contribution in [3.05, 3.63) is 36.2 Å². The summed E-state index contributed by atoms with van der Waals surface area (Å²) in [5, 5.41) is 3.13. The minimum absolute atomic E-state index is 0.659. The van der Waals surface area contributed by atoms with Gasteiger partial charge in [0, 0.05) is 37.8 Å². The van der Waals surface area contributed by atoms with Crippen LogP contribution in [-0.4, -0.2) is 26.5 Å². The first-order valence-electron chi connectivity index (χ1n) is 4.85. The van der Waals surface area contributed by atoms with E-state index in [0.717, 1.165) is 24.4 Å².